The van der Waals surface area contributed by atoms with Gasteiger partial charge in [-0.15, -0.1) is 0 Å². The molecule has 3 heterocycles. The van der Waals surface area contributed by atoms with Gasteiger partial charge in [0.25, 0.3) is 0 Å². The Balaban J connectivity index is 1.43. The van der Waals surface area contributed by atoms with Crippen molar-refractivity contribution in [3.05, 3.63) is 42.5 Å². The highest BCUT2D eigenvalue weighted by molar-refractivity contribution is 5.89. The van der Waals surface area contributed by atoms with E-state index in [1.165, 1.54) is 12.8 Å². The van der Waals surface area contributed by atoms with Crippen molar-refractivity contribution in [1.29, 1.82) is 0 Å². The van der Waals surface area contributed by atoms with Crippen LogP contribution in [0.2, 0.25) is 0 Å². The van der Waals surface area contributed by atoms with Crippen molar-refractivity contribution in [2.45, 2.75) is 44.7 Å². The smallest absolute Gasteiger partial charge is 0.317 e. The number of hydrogen-bond acceptors (Lipinski definition) is 3. The second kappa shape index (κ2) is 6.26. The van der Waals surface area contributed by atoms with Crippen LogP contribution in [0.3, 0.4) is 0 Å². The molecule has 0 aromatic carbocycles. The standard InChI is InChI=1S/C18H23N5O/c1-13(14-4-5-14)23-12-16(11-20-23)21-18(24)22-10-2-3-17(22)15-6-8-19-9-7-15/h6-9,11-14,17H,2-5,10H2,1H3,(H,21,24). The summed E-state index contributed by atoms with van der Waals surface area (Å²) >= 11 is 0. The maximum Gasteiger partial charge on any atom is 0.322 e. The van der Waals surface area contributed by atoms with Crippen LogP contribution in [-0.2, 0) is 0 Å². The lowest BCUT2D eigenvalue weighted by Gasteiger charge is -2.25. The van der Waals surface area contributed by atoms with Crippen LogP contribution in [0, 0.1) is 5.92 Å². The summed E-state index contributed by atoms with van der Waals surface area (Å²) in [7, 11) is 0. The van der Waals surface area contributed by atoms with Gasteiger partial charge in [-0.05, 0) is 56.2 Å². The summed E-state index contributed by atoms with van der Waals surface area (Å²) in [4.78, 5) is 18.7. The molecule has 24 heavy (non-hydrogen) atoms. The van der Waals surface area contributed by atoms with Crippen LogP contribution >= 0.6 is 0 Å². The molecule has 2 aliphatic rings. The highest BCUT2D eigenvalue weighted by Crippen LogP contribution is 2.39. The first kappa shape index (κ1) is 15.2. The molecule has 2 amide bonds. The molecule has 4 rings (SSSR count). The lowest BCUT2D eigenvalue weighted by molar-refractivity contribution is 0.207. The van der Waals surface area contributed by atoms with Gasteiger partial charge in [0.2, 0.25) is 0 Å². The Hall–Kier alpha value is -2.37. The quantitative estimate of drug-likeness (QED) is 0.934. The van der Waals surface area contributed by atoms with Gasteiger partial charge >= 0.3 is 6.03 Å². The third-order valence-corrected chi connectivity index (χ3v) is 5.18. The van der Waals surface area contributed by atoms with Gasteiger partial charge in [0, 0.05) is 25.1 Å². The van der Waals surface area contributed by atoms with Gasteiger partial charge in [0.15, 0.2) is 0 Å². The average molecular weight is 325 g/mol. The van der Waals surface area contributed by atoms with Crippen molar-refractivity contribution in [3.63, 3.8) is 0 Å². The number of anilines is 1. The second-order valence-electron chi connectivity index (χ2n) is 6.85. The number of aromatic nitrogens is 3. The maximum atomic E-state index is 12.7. The summed E-state index contributed by atoms with van der Waals surface area (Å²) in [6.45, 7) is 2.97. The summed E-state index contributed by atoms with van der Waals surface area (Å²) in [5.74, 6) is 0.739. The van der Waals surface area contributed by atoms with E-state index in [0.29, 0.717) is 6.04 Å². The van der Waals surface area contributed by atoms with Gasteiger partial charge in [-0.3, -0.25) is 9.67 Å². The molecule has 2 aromatic rings. The number of carbonyl (C=O) groups is 1. The van der Waals surface area contributed by atoms with Gasteiger partial charge < -0.3 is 10.2 Å². The second-order valence-corrected chi connectivity index (χ2v) is 6.85. The SMILES string of the molecule is CC(C1CC1)n1cc(NC(=O)N2CCCC2c2ccncc2)cn1. The van der Waals surface area contributed by atoms with Gasteiger partial charge in [0.1, 0.15) is 0 Å². The van der Waals surface area contributed by atoms with E-state index in [4.69, 9.17) is 0 Å². The van der Waals surface area contributed by atoms with E-state index in [9.17, 15) is 4.79 Å². The van der Waals surface area contributed by atoms with Gasteiger partial charge in [-0.25, -0.2) is 4.79 Å². The van der Waals surface area contributed by atoms with E-state index in [2.05, 4.69) is 22.3 Å². The molecule has 1 saturated heterocycles. The molecular weight excluding hydrogens is 302 g/mol. The zero-order valence-corrected chi connectivity index (χ0v) is 13.9. The minimum Gasteiger partial charge on any atom is -0.317 e. The lowest BCUT2D eigenvalue weighted by Crippen LogP contribution is -2.34. The molecule has 0 radical (unpaired) electrons. The van der Waals surface area contributed by atoms with Crippen LogP contribution in [0.25, 0.3) is 0 Å². The van der Waals surface area contributed by atoms with Gasteiger partial charge in [0.05, 0.1) is 24.0 Å². The van der Waals surface area contributed by atoms with Crippen LogP contribution in [0.1, 0.15) is 50.3 Å². The van der Waals surface area contributed by atoms with Gasteiger partial charge in [-0.1, -0.05) is 0 Å². The van der Waals surface area contributed by atoms with Crippen molar-refractivity contribution in [1.82, 2.24) is 19.7 Å². The number of rotatable bonds is 4. The summed E-state index contributed by atoms with van der Waals surface area (Å²) in [6, 6.07) is 4.48. The molecule has 0 bridgehead atoms. The summed E-state index contributed by atoms with van der Waals surface area (Å²) in [5.41, 5.74) is 1.92. The minimum atomic E-state index is -0.0482. The molecule has 6 heteroatoms. The van der Waals surface area contributed by atoms with Crippen LogP contribution in [0.15, 0.2) is 36.9 Å². The Kier molecular flexibility index (Phi) is 3.96. The third kappa shape index (κ3) is 3.00. The van der Waals surface area contributed by atoms with Crippen LogP contribution in [0.4, 0.5) is 10.5 Å². The summed E-state index contributed by atoms with van der Waals surface area (Å²) in [6.07, 6.45) is 11.8. The molecule has 1 N–H and O–H groups in total. The van der Waals surface area contributed by atoms with E-state index in [1.54, 1.807) is 18.6 Å². The predicted molar refractivity (Wildman–Crippen MR) is 91.6 cm³/mol. The fourth-order valence-corrected chi connectivity index (χ4v) is 3.56. The fourth-order valence-electron chi connectivity index (χ4n) is 3.56. The van der Waals surface area contributed by atoms with E-state index in [0.717, 1.165) is 36.6 Å². The zero-order valence-electron chi connectivity index (χ0n) is 13.9. The van der Waals surface area contributed by atoms with E-state index >= 15 is 0 Å². The molecule has 2 fully saturated rings. The number of pyridine rings is 1. The first-order valence-electron chi connectivity index (χ1n) is 8.74. The summed E-state index contributed by atoms with van der Waals surface area (Å²) < 4.78 is 1.97. The highest BCUT2D eigenvalue weighted by atomic mass is 16.2. The third-order valence-electron chi connectivity index (χ3n) is 5.18. The molecule has 1 saturated carbocycles. The lowest BCUT2D eigenvalue weighted by atomic mass is 10.1. The molecule has 1 aliphatic carbocycles. The first-order valence-corrected chi connectivity index (χ1v) is 8.74. The van der Waals surface area contributed by atoms with Crippen molar-refractivity contribution in [2.75, 3.05) is 11.9 Å². The molecule has 2 unspecified atom stereocenters. The average Bonchev–Trinajstić information content (AvgIpc) is 3.15. The molecule has 1 aliphatic heterocycles. The number of nitrogens with one attached hydrogen (secondary N) is 1. The topological polar surface area (TPSA) is 63.1 Å². The monoisotopic (exact) mass is 325 g/mol. The predicted octanol–water partition coefficient (Wildman–Crippen LogP) is 3.62. The fraction of sp³-hybridized carbons (Fsp3) is 0.500. The molecule has 6 nitrogen and oxygen atoms in total. The van der Waals surface area contributed by atoms with E-state index in [-0.39, 0.29) is 12.1 Å². The van der Waals surface area contributed by atoms with Crippen molar-refractivity contribution >= 4 is 11.7 Å². The first-order chi connectivity index (χ1) is 11.7. The number of likely N-dealkylation sites (tertiary alicyclic amines) is 1. The van der Waals surface area contributed by atoms with Crippen LogP contribution in [-0.4, -0.2) is 32.2 Å². The number of urea groups is 1. The van der Waals surface area contributed by atoms with Crippen LogP contribution in [0.5, 0.6) is 0 Å². The Morgan fingerprint density at radius 3 is 2.83 bits per heavy atom. The molecule has 2 aromatic heterocycles. The molecular formula is C18H23N5O. The van der Waals surface area contributed by atoms with E-state index in [1.807, 2.05) is 27.9 Å². The van der Waals surface area contributed by atoms with Crippen molar-refractivity contribution in [2.24, 2.45) is 5.92 Å². The van der Waals surface area contributed by atoms with E-state index < -0.39 is 0 Å². The number of carbonyl (C=O) groups excluding carboxylic acids is 1. The Morgan fingerprint density at radius 2 is 2.08 bits per heavy atom. The number of amides is 2. The molecule has 126 valence electrons. The van der Waals surface area contributed by atoms with Crippen LogP contribution < -0.4 is 5.32 Å². The molecule has 0 spiro atoms. The minimum absolute atomic E-state index is 0.0482. The number of nitrogens with zero attached hydrogens (tertiary/aromatic N) is 4. The van der Waals surface area contributed by atoms with Crippen molar-refractivity contribution < 1.29 is 4.79 Å². The normalized spacial score (nSPS) is 21.7. The Morgan fingerprint density at radius 1 is 1.29 bits per heavy atom. The summed E-state index contributed by atoms with van der Waals surface area (Å²) in [5, 5.41) is 7.42. The Bertz CT molecular complexity index is 709. The number of hydrogen-bond donors (Lipinski definition) is 1. The largest absolute Gasteiger partial charge is 0.322 e. The zero-order chi connectivity index (χ0) is 16.5. The van der Waals surface area contributed by atoms with Crippen molar-refractivity contribution in [3.8, 4) is 0 Å². The highest BCUT2D eigenvalue weighted by Gasteiger charge is 2.31. The molecule has 2 atom stereocenters. The maximum absolute atomic E-state index is 12.7. The Labute approximate surface area is 141 Å². The van der Waals surface area contributed by atoms with Gasteiger partial charge in [-0.2, -0.15) is 5.10 Å².